The minimum absolute atomic E-state index is 0.236. The second kappa shape index (κ2) is 8.20. The van der Waals surface area contributed by atoms with Gasteiger partial charge in [0.2, 0.25) is 4.96 Å². The average Bonchev–Trinajstić information content (AvgIpc) is 3.03. The number of aromatic nitrogens is 3. The molecule has 0 aliphatic heterocycles. The van der Waals surface area contributed by atoms with Crippen LogP contribution in [0.5, 0.6) is 5.75 Å². The summed E-state index contributed by atoms with van der Waals surface area (Å²) in [6.45, 7) is 4.27. The third-order valence-corrected chi connectivity index (χ3v) is 5.84. The lowest BCUT2D eigenvalue weighted by Crippen LogP contribution is -2.28. The molecule has 0 unspecified atom stereocenters. The number of thiazole rings is 1. The van der Waals surface area contributed by atoms with Crippen LogP contribution in [0.2, 0.25) is 0 Å². The summed E-state index contributed by atoms with van der Waals surface area (Å²) in [5.41, 5.74) is 2.60. The van der Waals surface area contributed by atoms with E-state index in [2.05, 4.69) is 36.1 Å². The molecule has 0 fully saturated rings. The van der Waals surface area contributed by atoms with Gasteiger partial charge in [-0.1, -0.05) is 61.6 Å². The van der Waals surface area contributed by atoms with Crippen LogP contribution in [0.1, 0.15) is 42.1 Å². The van der Waals surface area contributed by atoms with E-state index in [0.29, 0.717) is 21.8 Å². The van der Waals surface area contributed by atoms with E-state index in [4.69, 9.17) is 4.74 Å². The molecule has 2 heterocycles. The summed E-state index contributed by atoms with van der Waals surface area (Å²) in [7, 11) is 1.60. The van der Waals surface area contributed by atoms with Gasteiger partial charge in [0.25, 0.3) is 11.1 Å². The zero-order valence-electron chi connectivity index (χ0n) is 17.0. The summed E-state index contributed by atoms with van der Waals surface area (Å²) in [6, 6.07) is 15.4. The van der Waals surface area contributed by atoms with Crippen LogP contribution in [0.3, 0.4) is 0 Å². The lowest BCUT2D eigenvalue weighted by molar-refractivity contribution is 0.414. The number of hydrogen-bond acceptors (Lipinski definition) is 6. The van der Waals surface area contributed by atoms with Crippen molar-refractivity contribution in [1.29, 1.82) is 0 Å². The summed E-state index contributed by atoms with van der Waals surface area (Å²) >= 11 is 1.17. The maximum atomic E-state index is 12.8. The fraction of sp³-hybridized carbons (Fsp3) is 0.217. The SMILES string of the molecule is COc1ccc(Cc2nn3c(=O)/c(=C/c4ccc(C(C)C)cc4)sc3nc2=O)cc1. The fourth-order valence-corrected chi connectivity index (χ4v) is 4.02. The van der Waals surface area contributed by atoms with Crippen LogP contribution in [0.15, 0.2) is 58.1 Å². The van der Waals surface area contributed by atoms with Gasteiger partial charge in [0.05, 0.1) is 11.6 Å². The lowest BCUT2D eigenvalue weighted by atomic mass is 10.0. The van der Waals surface area contributed by atoms with Crippen molar-refractivity contribution in [3.8, 4) is 5.75 Å². The molecule has 0 saturated carbocycles. The van der Waals surface area contributed by atoms with Gasteiger partial charge in [-0.3, -0.25) is 9.59 Å². The third-order valence-electron chi connectivity index (χ3n) is 4.88. The Morgan fingerprint density at radius 1 is 1.07 bits per heavy atom. The van der Waals surface area contributed by atoms with Crippen LogP contribution in [0, 0.1) is 0 Å². The highest BCUT2D eigenvalue weighted by atomic mass is 32.1. The van der Waals surface area contributed by atoms with Crippen molar-refractivity contribution in [1.82, 2.24) is 14.6 Å². The maximum absolute atomic E-state index is 12.8. The molecule has 0 atom stereocenters. The molecule has 0 spiro atoms. The van der Waals surface area contributed by atoms with Gasteiger partial charge >= 0.3 is 0 Å². The Morgan fingerprint density at radius 3 is 2.40 bits per heavy atom. The van der Waals surface area contributed by atoms with Gasteiger partial charge in [-0.15, -0.1) is 0 Å². The Balaban J connectivity index is 1.71. The molecule has 0 N–H and O–H groups in total. The first-order valence-corrected chi connectivity index (χ1v) is 10.4. The summed E-state index contributed by atoms with van der Waals surface area (Å²) < 4.78 is 6.86. The van der Waals surface area contributed by atoms with E-state index in [1.165, 1.54) is 21.4 Å². The van der Waals surface area contributed by atoms with Gasteiger partial charge in [0, 0.05) is 6.42 Å². The Hall–Kier alpha value is -3.32. The van der Waals surface area contributed by atoms with Gasteiger partial charge in [-0.25, -0.2) is 0 Å². The van der Waals surface area contributed by atoms with E-state index >= 15 is 0 Å². The summed E-state index contributed by atoms with van der Waals surface area (Å²) in [4.78, 5) is 29.6. The van der Waals surface area contributed by atoms with E-state index in [1.807, 2.05) is 36.4 Å². The number of rotatable bonds is 5. The molecule has 6 nitrogen and oxygen atoms in total. The largest absolute Gasteiger partial charge is 0.497 e. The monoisotopic (exact) mass is 419 g/mol. The molecule has 4 aromatic rings. The van der Waals surface area contributed by atoms with E-state index in [0.717, 1.165) is 16.9 Å². The Kier molecular flexibility index (Phi) is 5.46. The molecule has 30 heavy (non-hydrogen) atoms. The lowest BCUT2D eigenvalue weighted by Gasteiger charge is -2.04. The van der Waals surface area contributed by atoms with Crippen molar-refractivity contribution >= 4 is 22.4 Å². The molecule has 4 rings (SSSR count). The molecule has 0 bridgehead atoms. The van der Waals surface area contributed by atoms with Crippen molar-refractivity contribution in [2.24, 2.45) is 0 Å². The number of hydrogen-bond donors (Lipinski definition) is 0. The first-order chi connectivity index (χ1) is 14.4. The molecule has 0 aliphatic carbocycles. The van der Waals surface area contributed by atoms with Crippen molar-refractivity contribution in [3.05, 3.63) is 96.2 Å². The zero-order valence-corrected chi connectivity index (χ0v) is 17.8. The molecule has 0 saturated heterocycles. The molecule has 0 radical (unpaired) electrons. The maximum Gasteiger partial charge on any atom is 0.296 e. The highest BCUT2D eigenvalue weighted by Gasteiger charge is 2.12. The molecule has 0 amide bonds. The second-order valence-electron chi connectivity index (χ2n) is 7.32. The Labute approximate surface area is 177 Å². The number of nitrogens with zero attached hydrogens (tertiary/aromatic N) is 3. The quantitative estimate of drug-likeness (QED) is 0.497. The summed E-state index contributed by atoms with van der Waals surface area (Å²) in [5, 5.41) is 4.30. The van der Waals surface area contributed by atoms with Crippen molar-refractivity contribution < 1.29 is 4.74 Å². The van der Waals surface area contributed by atoms with Gasteiger partial charge < -0.3 is 4.74 Å². The predicted molar refractivity (Wildman–Crippen MR) is 119 cm³/mol. The van der Waals surface area contributed by atoms with Gasteiger partial charge in [-0.2, -0.15) is 14.6 Å². The molecule has 2 aromatic heterocycles. The van der Waals surface area contributed by atoms with Crippen LogP contribution in [0.25, 0.3) is 11.0 Å². The first kappa shape index (κ1) is 20.0. The van der Waals surface area contributed by atoms with E-state index in [-0.39, 0.29) is 11.3 Å². The molecule has 152 valence electrons. The smallest absolute Gasteiger partial charge is 0.296 e. The van der Waals surface area contributed by atoms with Gasteiger partial charge in [0.1, 0.15) is 11.4 Å². The summed E-state index contributed by atoms with van der Waals surface area (Å²) in [5.74, 6) is 1.18. The number of ether oxygens (including phenoxy) is 1. The van der Waals surface area contributed by atoms with E-state index in [9.17, 15) is 9.59 Å². The van der Waals surface area contributed by atoms with E-state index in [1.54, 1.807) is 13.2 Å². The molecular weight excluding hydrogens is 398 g/mol. The Morgan fingerprint density at radius 2 is 1.77 bits per heavy atom. The number of methoxy groups -OCH3 is 1. The second-order valence-corrected chi connectivity index (χ2v) is 8.33. The van der Waals surface area contributed by atoms with Crippen molar-refractivity contribution in [2.75, 3.05) is 7.11 Å². The Bertz CT molecular complexity index is 1350. The molecule has 2 aromatic carbocycles. The van der Waals surface area contributed by atoms with Crippen LogP contribution in [0.4, 0.5) is 0 Å². The third kappa shape index (κ3) is 4.02. The van der Waals surface area contributed by atoms with Crippen LogP contribution in [-0.4, -0.2) is 21.7 Å². The average molecular weight is 420 g/mol. The molecule has 0 aliphatic rings. The van der Waals surface area contributed by atoms with Gasteiger partial charge in [0.15, 0.2) is 0 Å². The first-order valence-electron chi connectivity index (χ1n) is 9.62. The molecular formula is C23H21N3O3S. The van der Waals surface area contributed by atoms with E-state index < -0.39 is 5.56 Å². The van der Waals surface area contributed by atoms with Crippen molar-refractivity contribution in [3.63, 3.8) is 0 Å². The standard InChI is InChI=1S/C23H21N3O3S/c1-14(2)17-8-4-16(5-9-17)13-20-22(28)26-23(30-20)24-21(27)19(25-26)12-15-6-10-18(29-3)11-7-15/h4-11,13-14H,12H2,1-3H3/b20-13-. The van der Waals surface area contributed by atoms with Crippen LogP contribution in [-0.2, 0) is 6.42 Å². The summed E-state index contributed by atoms with van der Waals surface area (Å²) in [6.07, 6.45) is 2.10. The van der Waals surface area contributed by atoms with Crippen molar-refractivity contribution in [2.45, 2.75) is 26.2 Å². The predicted octanol–water partition coefficient (Wildman–Crippen LogP) is 2.78. The van der Waals surface area contributed by atoms with Crippen LogP contribution >= 0.6 is 11.3 Å². The zero-order chi connectivity index (χ0) is 21.3. The fourth-order valence-electron chi connectivity index (χ4n) is 3.12. The normalized spacial score (nSPS) is 12.1. The minimum atomic E-state index is -0.417. The highest BCUT2D eigenvalue weighted by molar-refractivity contribution is 7.15. The molecule has 7 heteroatoms. The van der Waals surface area contributed by atoms with Crippen LogP contribution < -0.4 is 20.4 Å². The number of benzene rings is 2. The highest BCUT2D eigenvalue weighted by Crippen LogP contribution is 2.15. The topological polar surface area (TPSA) is 73.6 Å². The number of fused-ring (bicyclic) bond motifs is 1. The minimum Gasteiger partial charge on any atom is -0.497 e. The van der Waals surface area contributed by atoms with Gasteiger partial charge in [-0.05, 0) is 40.8 Å².